The Morgan fingerprint density at radius 1 is 1.14 bits per heavy atom. The van der Waals surface area contributed by atoms with Crippen LogP contribution in [0.5, 0.6) is 0 Å². The van der Waals surface area contributed by atoms with Crippen molar-refractivity contribution in [3.05, 3.63) is 92.9 Å². The van der Waals surface area contributed by atoms with Gasteiger partial charge in [-0.2, -0.15) is 5.10 Å². The van der Waals surface area contributed by atoms with E-state index in [9.17, 15) is 14.0 Å². The first-order chi connectivity index (χ1) is 17.5. The van der Waals surface area contributed by atoms with E-state index in [1.54, 1.807) is 35.4 Å². The highest BCUT2D eigenvalue weighted by Gasteiger charge is 2.26. The topological polar surface area (TPSA) is 95.1 Å². The minimum absolute atomic E-state index is 0.0189. The normalized spacial score (nSPS) is 13.0. The summed E-state index contributed by atoms with van der Waals surface area (Å²) >= 11 is 0. The van der Waals surface area contributed by atoms with Crippen molar-refractivity contribution in [1.82, 2.24) is 25.1 Å². The standard InChI is InChI=1S/C27H27FN6O2/c1-3-33(4-2)27-29-15-18-16-34(12-11-23(18)30-27)26(36)21-13-17(9-10-22(21)28)14-24-19-7-5-6-8-20(19)25(35)32-31-24/h5-10,13,15H,3-4,11-12,14,16H2,1-2H3,(H,32,35). The molecule has 5 rings (SSSR count). The summed E-state index contributed by atoms with van der Waals surface area (Å²) in [5.41, 5.74) is 2.96. The van der Waals surface area contributed by atoms with Gasteiger partial charge < -0.3 is 9.80 Å². The first kappa shape index (κ1) is 23.6. The molecular weight excluding hydrogens is 459 g/mol. The molecule has 184 valence electrons. The summed E-state index contributed by atoms with van der Waals surface area (Å²) in [5, 5.41) is 8.00. The van der Waals surface area contributed by atoms with Gasteiger partial charge in [0.25, 0.3) is 11.5 Å². The van der Waals surface area contributed by atoms with Gasteiger partial charge in [0, 0.05) is 56.2 Å². The number of nitrogens with zero attached hydrogens (tertiary/aromatic N) is 5. The molecule has 1 amide bonds. The molecule has 0 atom stereocenters. The number of H-pyrrole nitrogens is 1. The lowest BCUT2D eigenvalue weighted by molar-refractivity contribution is 0.0728. The van der Waals surface area contributed by atoms with Gasteiger partial charge in [0.15, 0.2) is 0 Å². The van der Waals surface area contributed by atoms with Crippen molar-refractivity contribution in [3.8, 4) is 0 Å². The minimum atomic E-state index is -0.568. The number of benzene rings is 2. The second-order valence-electron chi connectivity index (χ2n) is 8.83. The minimum Gasteiger partial charge on any atom is -0.341 e. The third kappa shape index (κ3) is 4.44. The number of halogens is 1. The summed E-state index contributed by atoms with van der Waals surface area (Å²) in [6, 6.07) is 11.7. The summed E-state index contributed by atoms with van der Waals surface area (Å²) in [4.78, 5) is 38.3. The van der Waals surface area contributed by atoms with Crippen LogP contribution in [0, 0.1) is 5.82 Å². The van der Waals surface area contributed by atoms with Crippen molar-refractivity contribution in [1.29, 1.82) is 0 Å². The zero-order valence-electron chi connectivity index (χ0n) is 20.3. The number of fused-ring (bicyclic) bond motifs is 2. The number of carbonyl (C=O) groups excluding carboxylic acids is 1. The van der Waals surface area contributed by atoms with Crippen molar-refractivity contribution in [3.63, 3.8) is 0 Å². The van der Waals surface area contributed by atoms with Crippen molar-refractivity contribution in [2.24, 2.45) is 0 Å². The first-order valence-electron chi connectivity index (χ1n) is 12.1. The Kier molecular flexibility index (Phi) is 6.45. The lowest BCUT2D eigenvalue weighted by Gasteiger charge is -2.29. The molecule has 0 spiro atoms. The van der Waals surface area contributed by atoms with E-state index in [0.717, 1.165) is 35.3 Å². The Morgan fingerprint density at radius 3 is 2.69 bits per heavy atom. The predicted octanol–water partition coefficient (Wildman–Crippen LogP) is 3.49. The molecule has 8 nitrogen and oxygen atoms in total. The molecule has 0 saturated carbocycles. The second kappa shape index (κ2) is 9.85. The average Bonchev–Trinajstić information content (AvgIpc) is 2.91. The molecule has 1 N–H and O–H groups in total. The van der Waals surface area contributed by atoms with Crippen LogP contribution >= 0.6 is 0 Å². The summed E-state index contributed by atoms with van der Waals surface area (Å²) < 4.78 is 14.8. The summed E-state index contributed by atoms with van der Waals surface area (Å²) in [7, 11) is 0. The number of aromatic amines is 1. The fourth-order valence-corrected chi connectivity index (χ4v) is 4.65. The molecule has 9 heteroatoms. The number of hydrogen-bond acceptors (Lipinski definition) is 6. The van der Waals surface area contributed by atoms with Gasteiger partial charge in [-0.3, -0.25) is 9.59 Å². The summed E-state index contributed by atoms with van der Waals surface area (Å²) in [5.74, 6) is -0.241. The number of anilines is 1. The van der Waals surface area contributed by atoms with E-state index in [2.05, 4.69) is 33.9 Å². The van der Waals surface area contributed by atoms with Crippen LogP contribution in [0.1, 0.15) is 46.7 Å². The van der Waals surface area contributed by atoms with Crippen LogP contribution in [0.3, 0.4) is 0 Å². The van der Waals surface area contributed by atoms with E-state index < -0.39 is 5.82 Å². The fraction of sp³-hybridized carbons (Fsp3) is 0.296. The Bertz CT molecular complexity index is 1500. The lowest BCUT2D eigenvalue weighted by Crippen LogP contribution is -2.37. The van der Waals surface area contributed by atoms with E-state index in [1.165, 1.54) is 6.07 Å². The largest absolute Gasteiger partial charge is 0.341 e. The van der Waals surface area contributed by atoms with E-state index in [-0.39, 0.29) is 17.0 Å². The zero-order valence-corrected chi connectivity index (χ0v) is 20.3. The predicted molar refractivity (Wildman–Crippen MR) is 136 cm³/mol. The first-order valence-corrected chi connectivity index (χ1v) is 12.1. The number of carbonyl (C=O) groups is 1. The van der Waals surface area contributed by atoms with Gasteiger partial charge in [-0.05, 0) is 37.6 Å². The number of rotatable bonds is 6. The second-order valence-corrected chi connectivity index (χ2v) is 8.83. The van der Waals surface area contributed by atoms with Crippen molar-refractivity contribution in [2.45, 2.75) is 33.2 Å². The molecule has 1 aliphatic rings. The highest BCUT2D eigenvalue weighted by atomic mass is 19.1. The Balaban J connectivity index is 1.38. The molecule has 0 fully saturated rings. The van der Waals surface area contributed by atoms with Crippen molar-refractivity contribution in [2.75, 3.05) is 24.5 Å². The van der Waals surface area contributed by atoms with Crippen LogP contribution in [-0.4, -0.2) is 50.6 Å². The molecule has 4 aromatic rings. The van der Waals surface area contributed by atoms with Gasteiger partial charge in [-0.15, -0.1) is 0 Å². The number of amides is 1. The van der Waals surface area contributed by atoms with Crippen LogP contribution in [0.25, 0.3) is 10.8 Å². The molecule has 2 aromatic heterocycles. The van der Waals surface area contributed by atoms with Gasteiger partial charge in [0.05, 0.1) is 22.3 Å². The van der Waals surface area contributed by atoms with E-state index in [0.29, 0.717) is 43.0 Å². The highest BCUT2D eigenvalue weighted by molar-refractivity contribution is 5.95. The van der Waals surface area contributed by atoms with Crippen LogP contribution in [0.4, 0.5) is 10.3 Å². The maximum absolute atomic E-state index is 14.8. The summed E-state index contributed by atoms with van der Waals surface area (Å²) in [6.07, 6.45) is 2.71. The SMILES string of the molecule is CCN(CC)c1ncc2c(n1)CCN(C(=O)c1cc(Cc3n[nH]c(=O)c4ccccc34)ccc1F)C2. The third-order valence-corrected chi connectivity index (χ3v) is 6.66. The van der Waals surface area contributed by atoms with Gasteiger partial charge >= 0.3 is 0 Å². The summed E-state index contributed by atoms with van der Waals surface area (Å²) in [6.45, 7) is 6.55. The molecule has 0 saturated heterocycles. The van der Waals surface area contributed by atoms with E-state index in [4.69, 9.17) is 4.98 Å². The Labute approximate surface area is 207 Å². The molecule has 36 heavy (non-hydrogen) atoms. The molecule has 0 radical (unpaired) electrons. The lowest BCUT2D eigenvalue weighted by atomic mass is 10.0. The van der Waals surface area contributed by atoms with Crippen LogP contribution in [0.2, 0.25) is 0 Å². The van der Waals surface area contributed by atoms with Crippen LogP contribution in [0.15, 0.2) is 53.5 Å². The molecule has 1 aliphatic heterocycles. The average molecular weight is 487 g/mol. The monoisotopic (exact) mass is 486 g/mol. The van der Waals surface area contributed by atoms with Crippen LogP contribution in [-0.2, 0) is 19.4 Å². The van der Waals surface area contributed by atoms with Crippen molar-refractivity contribution < 1.29 is 9.18 Å². The van der Waals surface area contributed by atoms with Crippen molar-refractivity contribution >= 4 is 22.6 Å². The van der Waals surface area contributed by atoms with E-state index in [1.807, 2.05) is 12.1 Å². The Morgan fingerprint density at radius 2 is 1.92 bits per heavy atom. The molecule has 2 aromatic carbocycles. The number of hydrogen-bond donors (Lipinski definition) is 1. The maximum Gasteiger partial charge on any atom is 0.272 e. The molecule has 0 unspecified atom stereocenters. The Hall–Kier alpha value is -4.14. The molecular formula is C27H27FN6O2. The number of nitrogens with one attached hydrogen (secondary N) is 1. The molecule has 0 aliphatic carbocycles. The van der Waals surface area contributed by atoms with Gasteiger partial charge in [-0.25, -0.2) is 19.5 Å². The van der Waals surface area contributed by atoms with E-state index >= 15 is 0 Å². The number of aromatic nitrogens is 4. The molecule has 0 bridgehead atoms. The third-order valence-electron chi connectivity index (χ3n) is 6.66. The highest BCUT2D eigenvalue weighted by Crippen LogP contribution is 2.23. The van der Waals surface area contributed by atoms with Crippen LogP contribution < -0.4 is 10.5 Å². The smallest absolute Gasteiger partial charge is 0.272 e. The maximum atomic E-state index is 14.8. The quantitative estimate of drug-likeness (QED) is 0.448. The molecule has 3 heterocycles. The van der Waals surface area contributed by atoms with Gasteiger partial charge in [0.1, 0.15) is 5.82 Å². The zero-order chi connectivity index (χ0) is 25.2. The van der Waals surface area contributed by atoms with Gasteiger partial charge in [0.2, 0.25) is 5.95 Å². The fourth-order valence-electron chi connectivity index (χ4n) is 4.65. The van der Waals surface area contributed by atoms with Gasteiger partial charge in [-0.1, -0.05) is 24.3 Å².